The maximum atomic E-state index is 11.9. The van der Waals surface area contributed by atoms with Gasteiger partial charge < -0.3 is 9.80 Å². The number of nitrogens with zero attached hydrogens (tertiary/aromatic N) is 6. The van der Waals surface area contributed by atoms with Crippen LogP contribution in [-0.2, 0) is 17.6 Å². The minimum absolute atomic E-state index is 0.212. The number of fused-ring (bicyclic) bond motifs is 1. The van der Waals surface area contributed by atoms with Crippen LogP contribution in [0.15, 0.2) is 18.7 Å². The van der Waals surface area contributed by atoms with E-state index in [0.717, 1.165) is 56.8 Å². The summed E-state index contributed by atoms with van der Waals surface area (Å²) in [5.74, 6) is 1.33. The van der Waals surface area contributed by atoms with Gasteiger partial charge in [-0.15, -0.1) is 0 Å². The zero-order valence-corrected chi connectivity index (χ0v) is 14.3. The summed E-state index contributed by atoms with van der Waals surface area (Å²) >= 11 is 0. The van der Waals surface area contributed by atoms with Gasteiger partial charge >= 0.3 is 0 Å². The van der Waals surface area contributed by atoms with Crippen LogP contribution in [0.1, 0.15) is 43.0 Å². The van der Waals surface area contributed by atoms with Crippen molar-refractivity contribution in [3.63, 3.8) is 0 Å². The van der Waals surface area contributed by atoms with Crippen molar-refractivity contribution in [3.8, 4) is 0 Å². The van der Waals surface area contributed by atoms with Crippen molar-refractivity contribution in [2.75, 3.05) is 29.4 Å². The molecule has 1 aliphatic carbocycles. The first-order chi connectivity index (χ1) is 12.3. The topological polar surface area (TPSA) is 67.2 Å². The Labute approximate surface area is 146 Å². The molecule has 7 heteroatoms. The van der Waals surface area contributed by atoms with E-state index in [1.165, 1.54) is 17.7 Å². The predicted molar refractivity (Wildman–Crippen MR) is 93.7 cm³/mol. The standard InChI is InChI=1S/C18H22N6O/c25-17-5-2-7-23(17)14-9-21-24(11-14)13-6-8-22(10-13)18-15-3-1-4-16(15)19-12-20-18/h9,11-13H,1-8,10H2. The van der Waals surface area contributed by atoms with Crippen LogP contribution in [0.3, 0.4) is 0 Å². The van der Waals surface area contributed by atoms with Crippen LogP contribution in [0.25, 0.3) is 0 Å². The van der Waals surface area contributed by atoms with E-state index in [4.69, 9.17) is 0 Å². The van der Waals surface area contributed by atoms with Crippen molar-refractivity contribution < 1.29 is 4.79 Å². The molecule has 2 aromatic rings. The molecule has 2 fully saturated rings. The highest BCUT2D eigenvalue weighted by atomic mass is 16.2. The molecule has 7 nitrogen and oxygen atoms in total. The third-order valence-corrected chi connectivity index (χ3v) is 5.66. The molecule has 0 N–H and O–H groups in total. The second kappa shape index (κ2) is 5.82. The largest absolute Gasteiger partial charge is 0.354 e. The van der Waals surface area contributed by atoms with Crippen molar-refractivity contribution in [3.05, 3.63) is 30.0 Å². The molecule has 25 heavy (non-hydrogen) atoms. The highest BCUT2D eigenvalue weighted by molar-refractivity contribution is 5.95. The summed E-state index contributed by atoms with van der Waals surface area (Å²) in [6.07, 6.45) is 11.6. The van der Waals surface area contributed by atoms with Crippen molar-refractivity contribution in [1.29, 1.82) is 0 Å². The molecule has 1 unspecified atom stereocenters. The van der Waals surface area contributed by atoms with Crippen LogP contribution in [-0.4, -0.2) is 45.3 Å². The molecule has 3 aliphatic rings. The quantitative estimate of drug-likeness (QED) is 0.853. The van der Waals surface area contributed by atoms with Crippen LogP contribution in [0.4, 0.5) is 11.5 Å². The Balaban J connectivity index is 1.34. The molecular formula is C18H22N6O. The lowest BCUT2D eigenvalue weighted by Crippen LogP contribution is -2.24. The van der Waals surface area contributed by atoms with Gasteiger partial charge in [0.05, 0.1) is 17.9 Å². The molecule has 130 valence electrons. The number of rotatable bonds is 3. The Morgan fingerprint density at radius 2 is 2.04 bits per heavy atom. The Bertz CT molecular complexity index is 816. The van der Waals surface area contributed by atoms with E-state index < -0.39 is 0 Å². The van der Waals surface area contributed by atoms with Gasteiger partial charge in [0.1, 0.15) is 12.1 Å². The first-order valence-corrected chi connectivity index (χ1v) is 9.22. The van der Waals surface area contributed by atoms with Crippen molar-refractivity contribution in [1.82, 2.24) is 19.7 Å². The molecular weight excluding hydrogens is 316 g/mol. The van der Waals surface area contributed by atoms with Gasteiger partial charge in [0.25, 0.3) is 0 Å². The third kappa shape index (κ3) is 2.49. The lowest BCUT2D eigenvalue weighted by molar-refractivity contribution is -0.117. The van der Waals surface area contributed by atoms with Gasteiger partial charge in [-0.1, -0.05) is 0 Å². The third-order valence-electron chi connectivity index (χ3n) is 5.66. The van der Waals surface area contributed by atoms with Gasteiger partial charge in [0.2, 0.25) is 5.91 Å². The summed E-state index contributed by atoms with van der Waals surface area (Å²) in [5, 5.41) is 4.54. The minimum atomic E-state index is 0.212. The minimum Gasteiger partial charge on any atom is -0.354 e. The summed E-state index contributed by atoms with van der Waals surface area (Å²) in [7, 11) is 0. The van der Waals surface area contributed by atoms with Gasteiger partial charge in [-0.05, 0) is 32.1 Å². The zero-order chi connectivity index (χ0) is 16.8. The van der Waals surface area contributed by atoms with E-state index in [1.54, 1.807) is 6.33 Å². The molecule has 2 aliphatic heterocycles. The maximum absolute atomic E-state index is 11.9. The highest BCUT2D eigenvalue weighted by Gasteiger charge is 2.30. The predicted octanol–water partition coefficient (Wildman–Crippen LogP) is 1.74. The van der Waals surface area contributed by atoms with Gasteiger partial charge in [-0.2, -0.15) is 5.10 Å². The van der Waals surface area contributed by atoms with Crippen molar-refractivity contribution >= 4 is 17.4 Å². The average Bonchev–Trinajstić information content (AvgIpc) is 3.39. The SMILES string of the molecule is O=C1CCCN1c1cnn(C2CCN(c3ncnc4c3CCC4)C2)c1. The van der Waals surface area contributed by atoms with E-state index in [9.17, 15) is 4.79 Å². The molecule has 0 saturated carbocycles. The number of hydrogen-bond donors (Lipinski definition) is 0. The van der Waals surface area contributed by atoms with E-state index in [2.05, 4.69) is 20.0 Å². The van der Waals surface area contributed by atoms with Crippen LogP contribution in [0.2, 0.25) is 0 Å². The zero-order valence-electron chi connectivity index (χ0n) is 14.3. The number of aromatic nitrogens is 4. The molecule has 2 saturated heterocycles. The molecule has 1 atom stereocenters. The number of aryl methyl sites for hydroxylation is 1. The van der Waals surface area contributed by atoms with Crippen LogP contribution in [0.5, 0.6) is 0 Å². The molecule has 0 radical (unpaired) electrons. The van der Waals surface area contributed by atoms with Gasteiger partial charge in [-0.3, -0.25) is 9.48 Å². The Morgan fingerprint density at radius 3 is 2.92 bits per heavy atom. The normalized spacial score (nSPS) is 22.9. The average molecular weight is 338 g/mol. The first kappa shape index (κ1) is 14.9. The van der Waals surface area contributed by atoms with Crippen LogP contribution in [0, 0.1) is 0 Å². The highest BCUT2D eigenvalue weighted by Crippen LogP contribution is 2.33. The fourth-order valence-corrected chi connectivity index (χ4v) is 4.35. The Kier molecular flexibility index (Phi) is 3.46. The fraction of sp³-hybridized carbons (Fsp3) is 0.556. The number of carbonyl (C=O) groups is 1. The monoisotopic (exact) mass is 338 g/mol. The summed E-state index contributed by atoms with van der Waals surface area (Å²) in [6, 6.07) is 0.332. The Hall–Kier alpha value is -2.44. The molecule has 0 bridgehead atoms. The van der Waals surface area contributed by atoms with E-state index in [0.29, 0.717) is 12.5 Å². The summed E-state index contributed by atoms with van der Waals surface area (Å²) in [5.41, 5.74) is 3.50. The van der Waals surface area contributed by atoms with Gasteiger partial charge in [-0.25, -0.2) is 9.97 Å². The number of amides is 1. The van der Waals surface area contributed by atoms with Crippen molar-refractivity contribution in [2.24, 2.45) is 0 Å². The molecule has 0 spiro atoms. The summed E-state index contributed by atoms with van der Waals surface area (Å²) < 4.78 is 2.03. The molecule has 1 amide bonds. The molecule has 2 aromatic heterocycles. The smallest absolute Gasteiger partial charge is 0.227 e. The molecule has 5 rings (SSSR count). The first-order valence-electron chi connectivity index (χ1n) is 9.22. The summed E-state index contributed by atoms with van der Waals surface area (Å²) in [4.78, 5) is 25.1. The number of hydrogen-bond acceptors (Lipinski definition) is 5. The van der Waals surface area contributed by atoms with Gasteiger partial charge in [0, 0.05) is 43.5 Å². The number of anilines is 2. The molecule has 0 aromatic carbocycles. The second-order valence-corrected chi connectivity index (χ2v) is 7.19. The van der Waals surface area contributed by atoms with E-state index >= 15 is 0 Å². The second-order valence-electron chi connectivity index (χ2n) is 7.19. The molecule has 4 heterocycles. The Morgan fingerprint density at radius 1 is 1.08 bits per heavy atom. The lowest BCUT2D eigenvalue weighted by atomic mass is 10.2. The van der Waals surface area contributed by atoms with Gasteiger partial charge in [0.15, 0.2) is 0 Å². The van der Waals surface area contributed by atoms with E-state index in [1.807, 2.05) is 22.0 Å². The van der Waals surface area contributed by atoms with Crippen LogP contribution < -0.4 is 9.80 Å². The summed E-state index contributed by atoms with van der Waals surface area (Å²) in [6.45, 7) is 2.72. The number of carbonyl (C=O) groups excluding carboxylic acids is 1. The lowest BCUT2D eigenvalue weighted by Gasteiger charge is -2.20. The maximum Gasteiger partial charge on any atom is 0.227 e. The fourth-order valence-electron chi connectivity index (χ4n) is 4.35. The van der Waals surface area contributed by atoms with E-state index in [-0.39, 0.29) is 5.91 Å². The van der Waals surface area contributed by atoms with Crippen LogP contribution >= 0.6 is 0 Å². The van der Waals surface area contributed by atoms with Crippen molar-refractivity contribution in [2.45, 2.75) is 44.6 Å².